The van der Waals surface area contributed by atoms with Crippen LogP contribution >= 0.6 is 0 Å². The third kappa shape index (κ3) is 6.17. The van der Waals surface area contributed by atoms with Gasteiger partial charge in [-0.25, -0.2) is 0 Å². The van der Waals surface area contributed by atoms with Gasteiger partial charge in [-0.3, -0.25) is 9.80 Å². The summed E-state index contributed by atoms with van der Waals surface area (Å²) in [6, 6.07) is 1.41. The van der Waals surface area contributed by atoms with Crippen molar-refractivity contribution >= 4 is 9.52 Å². The zero-order chi connectivity index (χ0) is 15.6. The van der Waals surface area contributed by atoms with Crippen molar-refractivity contribution in [3.8, 4) is 0 Å². The third-order valence-corrected chi connectivity index (χ3v) is 6.97. The lowest BCUT2D eigenvalue weighted by atomic mass is 10.1. The molecule has 128 valence electrons. The molecular formula is C19H38N2Si. The molecular weight excluding hydrogens is 284 g/mol. The lowest BCUT2D eigenvalue weighted by Crippen LogP contribution is -2.49. The van der Waals surface area contributed by atoms with Gasteiger partial charge in [0.05, 0.1) is 6.17 Å². The summed E-state index contributed by atoms with van der Waals surface area (Å²) in [4.78, 5) is 5.67. The molecule has 0 spiro atoms. The number of hydrogen-bond acceptors (Lipinski definition) is 2. The van der Waals surface area contributed by atoms with Gasteiger partial charge in [0.25, 0.3) is 0 Å². The molecule has 0 aromatic heterocycles. The number of hydrogen-bond donors (Lipinski definition) is 0. The Bertz CT molecular complexity index is 293. The van der Waals surface area contributed by atoms with Crippen molar-refractivity contribution in [2.45, 2.75) is 83.8 Å². The monoisotopic (exact) mass is 322 g/mol. The molecule has 0 bridgehead atoms. The normalized spacial score (nSPS) is 24.0. The van der Waals surface area contributed by atoms with Crippen LogP contribution in [0.15, 0.2) is 11.3 Å². The van der Waals surface area contributed by atoms with Gasteiger partial charge in [0, 0.05) is 9.52 Å². The van der Waals surface area contributed by atoms with Gasteiger partial charge in [0.1, 0.15) is 0 Å². The van der Waals surface area contributed by atoms with E-state index in [1.165, 1.54) is 90.0 Å². The molecule has 2 fully saturated rings. The minimum Gasteiger partial charge on any atom is -0.288 e. The van der Waals surface area contributed by atoms with E-state index in [1.54, 1.807) is 5.57 Å². The molecule has 0 aliphatic carbocycles. The smallest absolute Gasteiger partial charge is 0.0660 e. The molecule has 0 atom stereocenters. The van der Waals surface area contributed by atoms with E-state index in [-0.39, 0.29) is 9.52 Å². The van der Waals surface area contributed by atoms with Crippen molar-refractivity contribution in [1.29, 1.82) is 0 Å². The Morgan fingerprint density at radius 2 is 1.32 bits per heavy atom. The molecule has 22 heavy (non-hydrogen) atoms. The molecule has 2 heterocycles. The average molecular weight is 323 g/mol. The fourth-order valence-electron chi connectivity index (χ4n) is 4.04. The van der Waals surface area contributed by atoms with E-state index in [0.29, 0.717) is 6.17 Å². The highest BCUT2D eigenvalue weighted by atomic mass is 28.2. The van der Waals surface area contributed by atoms with Gasteiger partial charge < -0.3 is 0 Å². The molecule has 2 aliphatic rings. The van der Waals surface area contributed by atoms with Gasteiger partial charge in [0.2, 0.25) is 0 Å². The van der Waals surface area contributed by atoms with Crippen LogP contribution in [0.3, 0.4) is 0 Å². The van der Waals surface area contributed by atoms with Crippen molar-refractivity contribution in [3.63, 3.8) is 0 Å². The third-order valence-electron chi connectivity index (χ3n) is 5.41. The van der Waals surface area contributed by atoms with Crippen LogP contribution in [0.5, 0.6) is 0 Å². The Morgan fingerprint density at radius 1 is 0.864 bits per heavy atom. The summed E-state index contributed by atoms with van der Waals surface area (Å²) in [7, 11) is 0.0617. The largest absolute Gasteiger partial charge is 0.288 e. The number of rotatable bonds is 6. The van der Waals surface area contributed by atoms with E-state index in [0.717, 1.165) is 0 Å². The standard InChI is InChI=1S/C19H38N2Si/c1-3-22-17-18(2)16-19(20-12-8-4-5-9-13-20)21-14-10-6-7-11-15-21/h17,19H,3-16,22H2,1-2H3. The van der Waals surface area contributed by atoms with E-state index < -0.39 is 0 Å². The Hall–Kier alpha value is -0.123. The Balaban J connectivity index is 2.03. The molecule has 2 nitrogen and oxygen atoms in total. The number of nitrogens with zero attached hydrogens (tertiary/aromatic N) is 2. The highest BCUT2D eigenvalue weighted by Crippen LogP contribution is 2.23. The first-order valence-corrected chi connectivity index (χ1v) is 11.8. The van der Waals surface area contributed by atoms with E-state index in [9.17, 15) is 0 Å². The first-order chi connectivity index (χ1) is 10.8. The second-order valence-electron chi connectivity index (χ2n) is 7.42. The molecule has 2 rings (SSSR count). The van der Waals surface area contributed by atoms with Crippen LogP contribution in [0.2, 0.25) is 6.04 Å². The maximum atomic E-state index is 2.84. The van der Waals surface area contributed by atoms with Crippen LogP contribution in [0.25, 0.3) is 0 Å². The first-order valence-electron chi connectivity index (χ1n) is 9.95. The summed E-state index contributed by atoms with van der Waals surface area (Å²) in [6.45, 7) is 10.1. The number of likely N-dealkylation sites (tertiary alicyclic amines) is 2. The van der Waals surface area contributed by atoms with Gasteiger partial charge in [-0.1, -0.05) is 44.2 Å². The maximum Gasteiger partial charge on any atom is 0.0660 e. The molecule has 0 aromatic rings. The highest BCUT2D eigenvalue weighted by Gasteiger charge is 2.26. The molecule has 2 saturated heterocycles. The van der Waals surface area contributed by atoms with E-state index in [4.69, 9.17) is 0 Å². The molecule has 0 saturated carbocycles. The van der Waals surface area contributed by atoms with Crippen LogP contribution in [-0.2, 0) is 0 Å². The molecule has 0 N–H and O–H groups in total. The molecule has 0 aromatic carbocycles. The molecule has 2 aliphatic heterocycles. The molecule has 3 heteroatoms. The Morgan fingerprint density at radius 3 is 1.73 bits per heavy atom. The van der Waals surface area contributed by atoms with Crippen LogP contribution in [-0.4, -0.2) is 51.7 Å². The molecule has 0 unspecified atom stereocenters. The SMILES string of the molecule is CC[SiH2]C=C(C)CC(N1CCCCCC1)N1CCCCCC1. The molecule has 0 amide bonds. The fourth-order valence-corrected chi connectivity index (χ4v) is 4.99. The van der Waals surface area contributed by atoms with Crippen molar-refractivity contribution < 1.29 is 0 Å². The summed E-state index contributed by atoms with van der Waals surface area (Å²) in [5.41, 5.74) is 4.30. The van der Waals surface area contributed by atoms with Crippen LogP contribution in [0.1, 0.15) is 71.6 Å². The lowest BCUT2D eigenvalue weighted by molar-refractivity contribution is 0.0463. The second kappa shape index (κ2) is 10.6. The Kier molecular flexibility index (Phi) is 8.79. The maximum absolute atomic E-state index is 2.84. The minimum absolute atomic E-state index is 0.0617. The van der Waals surface area contributed by atoms with Gasteiger partial charge in [-0.05, 0) is 65.2 Å². The summed E-state index contributed by atoms with van der Waals surface area (Å²) in [5, 5.41) is 0. The summed E-state index contributed by atoms with van der Waals surface area (Å²) in [6.07, 6.45) is 13.4. The van der Waals surface area contributed by atoms with Gasteiger partial charge in [0.15, 0.2) is 0 Å². The minimum atomic E-state index is 0.0617. The van der Waals surface area contributed by atoms with Gasteiger partial charge in [-0.15, -0.1) is 5.70 Å². The van der Waals surface area contributed by atoms with E-state index in [2.05, 4.69) is 29.3 Å². The summed E-state index contributed by atoms with van der Waals surface area (Å²) >= 11 is 0. The summed E-state index contributed by atoms with van der Waals surface area (Å²) in [5.74, 6) is 0. The van der Waals surface area contributed by atoms with E-state index >= 15 is 0 Å². The quantitative estimate of drug-likeness (QED) is 0.683. The van der Waals surface area contributed by atoms with E-state index in [1.807, 2.05) is 0 Å². The highest BCUT2D eigenvalue weighted by molar-refractivity contribution is 6.42. The van der Waals surface area contributed by atoms with Crippen molar-refractivity contribution in [2.75, 3.05) is 26.2 Å². The average Bonchev–Trinajstić information content (AvgIpc) is 2.95. The van der Waals surface area contributed by atoms with Crippen LogP contribution in [0, 0.1) is 0 Å². The lowest BCUT2D eigenvalue weighted by Gasteiger charge is -2.39. The van der Waals surface area contributed by atoms with Crippen LogP contribution in [0.4, 0.5) is 0 Å². The molecule has 0 radical (unpaired) electrons. The van der Waals surface area contributed by atoms with Crippen molar-refractivity contribution in [3.05, 3.63) is 11.3 Å². The topological polar surface area (TPSA) is 6.48 Å². The zero-order valence-corrected chi connectivity index (χ0v) is 16.6. The van der Waals surface area contributed by atoms with Crippen LogP contribution < -0.4 is 0 Å². The first kappa shape index (κ1) is 18.2. The van der Waals surface area contributed by atoms with Gasteiger partial charge >= 0.3 is 0 Å². The fraction of sp³-hybridized carbons (Fsp3) is 0.895. The second-order valence-corrected chi connectivity index (χ2v) is 9.41. The Labute approximate surface area is 141 Å². The predicted octanol–water partition coefficient (Wildman–Crippen LogP) is 3.97. The zero-order valence-electron chi connectivity index (χ0n) is 15.2. The van der Waals surface area contributed by atoms with Gasteiger partial charge in [-0.2, -0.15) is 0 Å². The van der Waals surface area contributed by atoms with Crippen molar-refractivity contribution in [1.82, 2.24) is 9.80 Å². The predicted molar refractivity (Wildman–Crippen MR) is 101 cm³/mol. The summed E-state index contributed by atoms with van der Waals surface area (Å²) < 4.78 is 0. The van der Waals surface area contributed by atoms with Crippen molar-refractivity contribution in [2.24, 2.45) is 0 Å².